The summed E-state index contributed by atoms with van der Waals surface area (Å²) in [4.78, 5) is 0. The van der Waals surface area contributed by atoms with Crippen molar-refractivity contribution in [3.8, 4) is 5.75 Å². The molecule has 3 atom stereocenters. The standard InChI is InChI=1S/C16H23NO/c1-11-4-6-16-13(7-11)9-15(18-16)10-17-14-5-3-12(2)8-14/h4,6-7,12,14-15,17H,3,5,8-10H2,1-2H3. The Balaban J connectivity index is 1.52. The summed E-state index contributed by atoms with van der Waals surface area (Å²) >= 11 is 0. The van der Waals surface area contributed by atoms with Gasteiger partial charge in [0.2, 0.25) is 0 Å². The third-order valence-electron chi connectivity index (χ3n) is 4.29. The minimum Gasteiger partial charge on any atom is -0.488 e. The van der Waals surface area contributed by atoms with Gasteiger partial charge in [-0.1, -0.05) is 24.6 Å². The van der Waals surface area contributed by atoms with Crippen molar-refractivity contribution >= 4 is 0 Å². The Morgan fingerprint density at radius 1 is 1.33 bits per heavy atom. The smallest absolute Gasteiger partial charge is 0.123 e. The van der Waals surface area contributed by atoms with Gasteiger partial charge in [-0.25, -0.2) is 0 Å². The second-order valence-corrected chi connectivity index (χ2v) is 6.08. The zero-order valence-corrected chi connectivity index (χ0v) is 11.4. The number of ether oxygens (including phenoxy) is 1. The molecule has 1 aliphatic heterocycles. The van der Waals surface area contributed by atoms with Crippen molar-refractivity contribution in [2.75, 3.05) is 6.54 Å². The van der Waals surface area contributed by atoms with Gasteiger partial charge >= 0.3 is 0 Å². The quantitative estimate of drug-likeness (QED) is 0.883. The monoisotopic (exact) mass is 245 g/mol. The number of rotatable bonds is 3. The molecule has 0 bridgehead atoms. The van der Waals surface area contributed by atoms with Crippen LogP contribution < -0.4 is 10.1 Å². The minimum absolute atomic E-state index is 0.331. The van der Waals surface area contributed by atoms with Crippen molar-refractivity contribution in [3.63, 3.8) is 0 Å². The van der Waals surface area contributed by atoms with Crippen LogP contribution in [0.1, 0.15) is 37.3 Å². The van der Waals surface area contributed by atoms with E-state index in [1.54, 1.807) is 0 Å². The van der Waals surface area contributed by atoms with Gasteiger partial charge in [-0.05, 0) is 43.7 Å². The lowest BCUT2D eigenvalue weighted by atomic mass is 10.1. The van der Waals surface area contributed by atoms with E-state index in [1.165, 1.54) is 30.4 Å². The first-order valence-electron chi connectivity index (χ1n) is 7.20. The molecule has 3 unspecified atom stereocenters. The van der Waals surface area contributed by atoms with E-state index in [-0.39, 0.29) is 0 Å². The Kier molecular flexibility index (Phi) is 3.29. The molecule has 1 heterocycles. The van der Waals surface area contributed by atoms with Crippen molar-refractivity contribution < 1.29 is 4.74 Å². The molecular weight excluding hydrogens is 222 g/mol. The summed E-state index contributed by atoms with van der Waals surface area (Å²) in [6.45, 7) is 5.49. The van der Waals surface area contributed by atoms with Crippen molar-refractivity contribution in [2.45, 2.75) is 51.7 Å². The maximum atomic E-state index is 5.99. The molecule has 1 aromatic rings. The second-order valence-electron chi connectivity index (χ2n) is 6.08. The van der Waals surface area contributed by atoms with E-state index < -0.39 is 0 Å². The number of hydrogen-bond acceptors (Lipinski definition) is 2. The second kappa shape index (κ2) is 4.93. The third kappa shape index (κ3) is 2.54. The molecule has 18 heavy (non-hydrogen) atoms. The lowest BCUT2D eigenvalue weighted by Crippen LogP contribution is -2.36. The lowest BCUT2D eigenvalue weighted by molar-refractivity contribution is 0.221. The van der Waals surface area contributed by atoms with Crippen molar-refractivity contribution in [1.82, 2.24) is 5.32 Å². The van der Waals surface area contributed by atoms with Gasteiger partial charge in [-0.3, -0.25) is 0 Å². The summed E-state index contributed by atoms with van der Waals surface area (Å²) < 4.78 is 5.99. The highest BCUT2D eigenvalue weighted by Crippen LogP contribution is 2.30. The first-order chi connectivity index (χ1) is 8.70. The molecule has 2 aliphatic rings. The van der Waals surface area contributed by atoms with Crippen LogP contribution in [0.3, 0.4) is 0 Å². The molecule has 0 aromatic heterocycles. The van der Waals surface area contributed by atoms with Gasteiger partial charge in [0.05, 0.1) is 0 Å². The van der Waals surface area contributed by atoms with Gasteiger partial charge in [0, 0.05) is 19.0 Å². The molecule has 0 radical (unpaired) electrons. The summed E-state index contributed by atoms with van der Waals surface area (Å²) in [7, 11) is 0. The maximum Gasteiger partial charge on any atom is 0.123 e. The number of nitrogens with one attached hydrogen (secondary N) is 1. The highest BCUT2D eigenvalue weighted by atomic mass is 16.5. The largest absolute Gasteiger partial charge is 0.488 e. The summed E-state index contributed by atoms with van der Waals surface area (Å²) in [6, 6.07) is 7.22. The van der Waals surface area contributed by atoms with Gasteiger partial charge < -0.3 is 10.1 Å². The predicted molar refractivity (Wildman–Crippen MR) is 74.1 cm³/mol. The zero-order chi connectivity index (χ0) is 12.5. The van der Waals surface area contributed by atoms with E-state index in [2.05, 4.69) is 37.4 Å². The number of fused-ring (bicyclic) bond motifs is 1. The van der Waals surface area contributed by atoms with Gasteiger partial charge in [0.15, 0.2) is 0 Å². The number of hydrogen-bond donors (Lipinski definition) is 1. The average Bonchev–Trinajstić information content (AvgIpc) is 2.92. The fourth-order valence-electron chi connectivity index (χ4n) is 3.25. The third-order valence-corrected chi connectivity index (χ3v) is 4.29. The van der Waals surface area contributed by atoms with E-state index in [4.69, 9.17) is 4.74 Å². The molecule has 98 valence electrons. The Morgan fingerprint density at radius 2 is 2.22 bits per heavy atom. The molecule has 1 aliphatic carbocycles. The molecule has 1 N–H and O–H groups in total. The Morgan fingerprint density at radius 3 is 3.00 bits per heavy atom. The van der Waals surface area contributed by atoms with Crippen LogP contribution in [0, 0.1) is 12.8 Å². The molecule has 0 saturated heterocycles. The van der Waals surface area contributed by atoms with Crippen LogP contribution in [-0.4, -0.2) is 18.7 Å². The lowest BCUT2D eigenvalue weighted by Gasteiger charge is -2.16. The highest BCUT2D eigenvalue weighted by molar-refractivity contribution is 5.40. The Bertz CT molecular complexity index is 429. The summed E-state index contributed by atoms with van der Waals surface area (Å²) in [5.41, 5.74) is 2.71. The normalized spacial score (nSPS) is 30.2. The zero-order valence-electron chi connectivity index (χ0n) is 11.4. The SMILES string of the molecule is Cc1ccc2c(c1)CC(CNC1CCC(C)C1)O2. The molecule has 1 fully saturated rings. The van der Waals surface area contributed by atoms with Crippen LogP contribution in [0.15, 0.2) is 18.2 Å². The minimum atomic E-state index is 0.331. The molecule has 3 rings (SSSR count). The van der Waals surface area contributed by atoms with Gasteiger partial charge in [-0.15, -0.1) is 0 Å². The topological polar surface area (TPSA) is 21.3 Å². The first kappa shape index (κ1) is 12.0. The molecule has 1 aromatic carbocycles. The summed E-state index contributed by atoms with van der Waals surface area (Å²) in [6.07, 6.45) is 5.44. The van der Waals surface area contributed by atoms with Crippen LogP contribution in [0.5, 0.6) is 5.75 Å². The highest BCUT2D eigenvalue weighted by Gasteiger charge is 2.25. The Hall–Kier alpha value is -1.02. The molecule has 1 saturated carbocycles. The molecule has 2 heteroatoms. The van der Waals surface area contributed by atoms with E-state index >= 15 is 0 Å². The van der Waals surface area contributed by atoms with E-state index in [1.807, 2.05) is 0 Å². The van der Waals surface area contributed by atoms with Crippen molar-refractivity contribution in [1.29, 1.82) is 0 Å². The maximum absolute atomic E-state index is 5.99. The van der Waals surface area contributed by atoms with Crippen molar-refractivity contribution in [3.05, 3.63) is 29.3 Å². The molecule has 0 amide bonds. The van der Waals surface area contributed by atoms with Gasteiger partial charge in [-0.2, -0.15) is 0 Å². The van der Waals surface area contributed by atoms with Gasteiger partial charge in [0.25, 0.3) is 0 Å². The van der Waals surface area contributed by atoms with Crippen LogP contribution in [-0.2, 0) is 6.42 Å². The van der Waals surface area contributed by atoms with Crippen LogP contribution in [0.4, 0.5) is 0 Å². The number of aryl methyl sites for hydroxylation is 1. The predicted octanol–water partition coefficient (Wildman–Crippen LogP) is 3.08. The fraction of sp³-hybridized carbons (Fsp3) is 0.625. The average molecular weight is 245 g/mol. The molecule has 0 spiro atoms. The Labute approximate surface area is 110 Å². The molecule has 2 nitrogen and oxygen atoms in total. The van der Waals surface area contributed by atoms with E-state index in [9.17, 15) is 0 Å². The van der Waals surface area contributed by atoms with Crippen molar-refractivity contribution in [2.24, 2.45) is 5.92 Å². The van der Waals surface area contributed by atoms with Crippen LogP contribution in [0.2, 0.25) is 0 Å². The summed E-state index contributed by atoms with van der Waals surface area (Å²) in [5.74, 6) is 1.99. The first-order valence-corrected chi connectivity index (χ1v) is 7.20. The van der Waals surface area contributed by atoms with Crippen LogP contribution in [0.25, 0.3) is 0 Å². The van der Waals surface area contributed by atoms with E-state index in [0.29, 0.717) is 12.1 Å². The molecular formula is C16H23NO. The van der Waals surface area contributed by atoms with E-state index in [0.717, 1.165) is 24.6 Å². The van der Waals surface area contributed by atoms with Gasteiger partial charge in [0.1, 0.15) is 11.9 Å². The summed E-state index contributed by atoms with van der Waals surface area (Å²) in [5, 5.41) is 3.68. The number of benzene rings is 1. The van der Waals surface area contributed by atoms with Crippen LogP contribution >= 0.6 is 0 Å². The fourth-order valence-corrected chi connectivity index (χ4v) is 3.25.